The third-order valence-corrected chi connectivity index (χ3v) is 1.37. The molecular formula is C6H11N3. The van der Waals surface area contributed by atoms with Gasteiger partial charge in [-0.25, -0.2) is 4.98 Å². The highest BCUT2D eigenvalue weighted by atomic mass is 15.0. The van der Waals surface area contributed by atoms with Crippen LogP contribution >= 0.6 is 0 Å². The van der Waals surface area contributed by atoms with Crippen LogP contribution in [0.1, 0.15) is 11.5 Å². The molecule has 0 aliphatic heterocycles. The Morgan fingerprint density at radius 3 is 2.67 bits per heavy atom. The zero-order valence-corrected chi connectivity index (χ0v) is 5.76. The van der Waals surface area contributed by atoms with Crippen molar-refractivity contribution in [2.45, 2.75) is 13.5 Å². The molecule has 1 aromatic heterocycles. The van der Waals surface area contributed by atoms with Crippen molar-refractivity contribution < 1.29 is 0 Å². The van der Waals surface area contributed by atoms with E-state index in [9.17, 15) is 0 Å². The number of rotatable bonds is 1. The van der Waals surface area contributed by atoms with E-state index < -0.39 is 0 Å². The minimum absolute atomic E-state index is 0.529. The van der Waals surface area contributed by atoms with Crippen LogP contribution in [0, 0.1) is 6.92 Å². The molecule has 1 rings (SSSR count). The molecule has 0 saturated carbocycles. The molecule has 0 unspecified atom stereocenters. The highest BCUT2D eigenvalue weighted by molar-refractivity contribution is 5.01. The molecule has 0 saturated heterocycles. The lowest BCUT2D eigenvalue weighted by atomic mass is 10.5. The van der Waals surface area contributed by atoms with E-state index in [0.29, 0.717) is 6.54 Å². The molecule has 3 heteroatoms. The Morgan fingerprint density at radius 1 is 1.78 bits per heavy atom. The van der Waals surface area contributed by atoms with Gasteiger partial charge >= 0.3 is 0 Å². The highest BCUT2D eigenvalue weighted by Crippen LogP contribution is 1.96. The van der Waals surface area contributed by atoms with Crippen molar-refractivity contribution in [3.8, 4) is 0 Å². The Morgan fingerprint density at radius 2 is 2.44 bits per heavy atom. The van der Waals surface area contributed by atoms with E-state index in [4.69, 9.17) is 5.73 Å². The summed E-state index contributed by atoms with van der Waals surface area (Å²) < 4.78 is 1.96. The maximum Gasteiger partial charge on any atom is 0.105 e. The Hall–Kier alpha value is -0.830. The molecule has 0 radical (unpaired) electrons. The predicted molar refractivity (Wildman–Crippen MR) is 35.8 cm³/mol. The number of aryl methyl sites for hydroxylation is 2. The van der Waals surface area contributed by atoms with Crippen molar-refractivity contribution in [3.05, 3.63) is 17.7 Å². The van der Waals surface area contributed by atoms with E-state index in [-0.39, 0.29) is 0 Å². The second-order valence-corrected chi connectivity index (χ2v) is 2.09. The standard InChI is InChI=1S/C6H11N3/c1-5-8-6(3-7)4-9(5)2/h4H,3,7H2,1-2H3. The Balaban J connectivity index is 2.98. The van der Waals surface area contributed by atoms with E-state index in [2.05, 4.69) is 4.98 Å². The van der Waals surface area contributed by atoms with Gasteiger partial charge in [-0.05, 0) is 6.92 Å². The van der Waals surface area contributed by atoms with Gasteiger partial charge in [-0.15, -0.1) is 0 Å². The first-order valence-electron chi connectivity index (χ1n) is 2.93. The highest BCUT2D eigenvalue weighted by Gasteiger charge is 1.95. The van der Waals surface area contributed by atoms with Crippen molar-refractivity contribution in [2.24, 2.45) is 12.8 Å². The molecule has 1 aromatic rings. The van der Waals surface area contributed by atoms with Crippen molar-refractivity contribution >= 4 is 0 Å². The molecule has 0 aromatic carbocycles. The van der Waals surface area contributed by atoms with Crippen molar-refractivity contribution in [1.29, 1.82) is 0 Å². The van der Waals surface area contributed by atoms with Gasteiger partial charge in [0, 0.05) is 19.8 Å². The van der Waals surface area contributed by atoms with Gasteiger partial charge in [-0.3, -0.25) is 0 Å². The second kappa shape index (κ2) is 2.19. The van der Waals surface area contributed by atoms with Gasteiger partial charge in [0.25, 0.3) is 0 Å². The summed E-state index contributed by atoms with van der Waals surface area (Å²) in [5.41, 5.74) is 6.31. The summed E-state index contributed by atoms with van der Waals surface area (Å²) in [6, 6.07) is 0. The van der Waals surface area contributed by atoms with Gasteiger partial charge in [0.2, 0.25) is 0 Å². The van der Waals surface area contributed by atoms with Crippen molar-refractivity contribution in [3.63, 3.8) is 0 Å². The number of nitrogens with zero attached hydrogens (tertiary/aromatic N) is 2. The lowest BCUT2D eigenvalue weighted by Gasteiger charge is -1.87. The lowest BCUT2D eigenvalue weighted by molar-refractivity contribution is 0.858. The maximum absolute atomic E-state index is 5.36. The first kappa shape index (κ1) is 6.29. The third-order valence-electron chi connectivity index (χ3n) is 1.37. The largest absolute Gasteiger partial charge is 0.338 e. The summed E-state index contributed by atoms with van der Waals surface area (Å²) in [5, 5.41) is 0. The topological polar surface area (TPSA) is 43.8 Å². The summed E-state index contributed by atoms with van der Waals surface area (Å²) in [5.74, 6) is 1.01. The molecule has 0 spiro atoms. The minimum atomic E-state index is 0.529. The number of nitrogens with two attached hydrogens (primary N) is 1. The first-order valence-corrected chi connectivity index (χ1v) is 2.93. The van der Waals surface area contributed by atoms with Crippen LogP contribution in [-0.2, 0) is 13.6 Å². The quantitative estimate of drug-likeness (QED) is 0.582. The van der Waals surface area contributed by atoms with Crippen LogP contribution in [0.15, 0.2) is 6.20 Å². The molecule has 9 heavy (non-hydrogen) atoms. The molecule has 0 amide bonds. The zero-order chi connectivity index (χ0) is 6.85. The number of imidazole rings is 1. The smallest absolute Gasteiger partial charge is 0.105 e. The Bertz CT molecular complexity index is 183. The molecule has 0 fully saturated rings. The summed E-state index contributed by atoms with van der Waals surface area (Å²) in [6.45, 7) is 2.49. The third kappa shape index (κ3) is 1.10. The van der Waals surface area contributed by atoms with Gasteiger partial charge in [-0.1, -0.05) is 0 Å². The van der Waals surface area contributed by atoms with Crippen LogP contribution in [0.4, 0.5) is 0 Å². The molecule has 0 atom stereocenters. The summed E-state index contributed by atoms with van der Waals surface area (Å²) in [6.07, 6.45) is 1.94. The number of aromatic nitrogens is 2. The molecule has 3 nitrogen and oxygen atoms in total. The van der Waals surface area contributed by atoms with E-state index >= 15 is 0 Å². The molecule has 2 N–H and O–H groups in total. The van der Waals surface area contributed by atoms with Crippen LogP contribution in [0.25, 0.3) is 0 Å². The Kier molecular flexibility index (Phi) is 1.53. The number of hydrogen-bond donors (Lipinski definition) is 1. The van der Waals surface area contributed by atoms with Crippen LogP contribution in [-0.4, -0.2) is 9.55 Å². The normalized spacial score (nSPS) is 10.1. The monoisotopic (exact) mass is 125 g/mol. The van der Waals surface area contributed by atoms with Gasteiger partial charge in [0.1, 0.15) is 5.82 Å². The predicted octanol–water partition coefficient (Wildman–Crippen LogP) is 0.187. The molecule has 0 bridgehead atoms. The SMILES string of the molecule is Cc1nc(CN)cn1C. The minimum Gasteiger partial charge on any atom is -0.338 e. The van der Waals surface area contributed by atoms with Gasteiger partial charge in [0.15, 0.2) is 0 Å². The van der Waals surface area contributed by atoms with Crippen LogP contribution in [0.2, 0.25) is 0 Å². The van der Waals surface area contributed by atoms with Crippen molar-refractivity contribution in [1.82, 2.24) is 9.55 Å². The summed E-state index contributed by atoms with van der Waals surface area (Å²) >= 11 is 0. The van der Waals surface area contributed by atoms with E-state index in [1.54, 1.807) is 0 Å². The van der Waals surface area contributed by atoms with Gasteiger partial charge in [-0.2, -0.15) is 0 Å². The molecule has 50 valence electrons. The molecule has 0 aliphatic carbocycles. The van der Waals surface area contributed by atoms with E-state index in [0.717, 1.165) is 11.5 Å². The fraction of sp³-hybridized carbons (Fsp3) is 0.500. The van der Waals surface area contributed by atoms with Crippen LogP contribution in [0.5, 0.6) is 0 Å². The van der Waals surface area contributed by atoms with Crippen LogP contribution in [0.3, 0.4) is 0 Å². The second-order valence-electron chi connectivity index (χ2n) is 2.09. The van der Waals surface area contributed by atoms with Gasteiger partial charge < -0.3 is 10.3 Å². The average molecular weight is 125 g/mol. The molecule has 1 heterocycles. The van der Waals surface area contributed by atoms with E-state index in [1.165, 1.54) is 0 Å². The average Bonchev–Trinajstić information content (AvgIpc) is 2.13. The van der Waals surface area contributed by atoms with E-state index in [1.807, 2.05) is 24.7 Å². The molecular weight excluding hydrogens is 114 g/mol. The molecule has 0 aliphatic rings. The first-order chi connectivity index (χ1) is 4.24. The van der Waals surface area contributed by atoms with Crippen molar-refractivity contribution in [2.75, 3.05) is 0 Å². The fourth-order valence-corrected chi connectivity index (χ4v) is 0.731. The number of hydrogen-bond acceptors (Lipinski definition) is 2. The van der Waals surface area contributed by atoms with Crippen LogP contribution < -0.4 is 5.73 Å². The summed E-state index contributed by atoms with van der Waals surface area (Å²) in [7, 11) is 1.96. The fourth-order valence-electron chi connectivity index (χ4n) is 0.731. The summed E-state index contributed by atoms with van der Waals surface area (Å²) in [4.78, 5) is 4.17. The zero-order valence-electron chi connectivity index (χ0n) is 5.76. The Labute approximate surface area is 54.5 Å². The van der Waals surface area contributed by atoms with Gasteiger partial charge in [0.05, 0.1) is 5.69 Å². The maximum atomic E-state index is 5.36. The lowest BCUT2D eigenvalue weighted by Crippen LogP contribution is -1.95.